The lowest BCUT2D eigenvalue weighted by molar-refractivity contribution is 0.0488. The molecule has 1 unspecified atom stereocenters. The number of ketones is 1. The third-order valence-corrected chi connectivity index (χ3v) is 3.98. The van der Waals surface area contributed by atoms with Crippen molar-refractivity contribution in [2.45, 2.75) is 19.4 Å². The van der Waals surface area contributed by atoms with Gasteiger partial charge in [0, 0.05) is 21.9 Å². The second kappa shape index (κ2) is 6.85. The zero-order chi connectivity index (χ0) is 13.7. The zero-order valence-electron chi connectivity index (χ0n) is 10.6. The highest BCUT2D eigenvalue weighted by Crippen LogP contribution is 2.13. The summed E-state index contributed by atoms with van der Waals surface area (Å²) in [6, 6.07) is 11.0. The summed E-state index contributed by atoms with van der Waals surface area (Å²) in [6.45, 7) is 2.34. The van der Waals surface area contributed by atoms with E-state index in [0.717, 1.165) is 6.42 Å². The highest BCUT2D eigenvalue weighted by Gasteiger charge is 2.15. The fourth-order valence-electron chi connectivity index (χ4n) is 1.72. The molecule has 4 heteroatoms. The van der Waals surface area contributed by atoms with Crippen molar-refractivity contribution in [3.05, 3.63) is 57.2 Å². The number of benzene rings is 1. The second-order valence-corrected chi connectivity index (χ2v) is 5.68. The van der Waals surface area contributed by atoms with Crippen molar-refractivity contribution in [1.29, 1.82) is 0 Å². The van der Waals surface area contributed by atoms with Crippen LogP contribution in [-0.4, -0.2) is 18.5 Å². The predicted molar refractivity (Wildman–Crippen MR) is 79.2 cm³/mol. The fourth-order valence-corrected chi connectivity index (χ4v) is 2.53. The molecule has 0 N–H and O–H groups in total. The number of ether oxygens (including phenoxy) is 1. The molecule has 19 heavy (non-hydrogen) atoms. The Hall–Kier alpha value is -1.16. The summed E-state index contributed by atoms with van der Waals surface area (Å²) in [7, 11) is 0. The molecule has 0 saturated carbocycles. The molecule has 0 bridgehead atoms. The van der Waals surface area contributed by atoms with Gasteiger partial charge in [0.15, 0.2) is 5.78 Å². The lowest BCUT2D eigenvalue weighted by Gasteiger charge is -2.11. The van der Waals surface area contributed by atoms with Crippen molar-refractivity contribution in [3.63, 3.8) is 0 Å². The standard InChI is InChI=1S/C15H15ClO2S/c1-11(18-9-8-14-3-2-10-19-14)15(17)12-4-6-13(16)7-5-12/h2-7,10-11H,8-9H2,1H3. The molecule has 2 nitrogen and oxygen atoms in total. The molecule has 1 atom stereocenters. The minimum atomic E-state index is -0.430. The highest BCUT2D eigenvalue weighted by atomic mass is 35.5. The minimum Gasteiger partial charge on any atom is -0.370 e. The van der Waals surface area contributed by atoms with Crippen LogP contribution in [0.4, 0.5) is 0 Å². The average molecular weight is 295 g/mol. The number of rotatable bonds is 6. The van der Waals surface area contributed by atoms with Crippen molar-refractivity contribution in [2.75, 3.05) is 6.61 Å². The Morgan fingerprint density at radius 1 is 1.32 bits per heavy atom. The van der Waals surface area contributed by atoms with E-state index in [0.29, 0.717) is 17.2 Å². The number of hydrogen-bond donors (Lipinski definition) is 0. The summed E-state index contributed by atoms with van der Waals surface area (Å²) in [6.07, 6.45) is 0.414. The van der Waals surface area contributed by atoms with Crippen LogP contribution in [0, 0.1) is 0 Å². The van der Waals surface area contributed by atoms with Crippen LogP contribution in [0.5, 0.6) is 0 Å². The van der Waals surface area contributed by atoms with Gasteiger partial charge >= 0.3 is 0 Å². The van der Waals surface area contributed by atoms with Gasteiger partial charge in [-0.05, 0) is 42.6 Å². The van der Waals surface area contributed by atoms with Gasteiger partial charge in [-0.3, -0.25) is 4.79 Å². The van der Waals surface area contributed by atoms with Gasteiger partial charge in [0.25, 0.3) is 0 Å². The number of carbonyl (C=O) groups is 1. The molecule has 0 amide bonds. The smallest absolute Gasteiger partial charge is 0.191 e. The molecule has 1 heterocycles. The number of hydrogen-bond acceptors (Lipinski definition) is 3. The normalized spacial score (nSPS) is 12.3. The summed E-state index contributed by atoms with van der Waals surface area (Å²) in [5, 5.41) is 2.67. The lowest BCUT2D eigenvalue weighted by Crippen LogP contribution is -2.21. The molecule has 0 aliphatic carbocycles. The summed E-state index contributed by atoms with van der Waals surface area (Å²) in [5.74, 6) is -0.0113. The molecule has 100 valence electrons. The molecule has 1 aromatic heterocycles. The summed E-state index contributed by atoms with van der Waals surface area (Å²) < 4.78 is 5.59. The van der Waals surface area contributed by atoms with E-state index in [-0.39, 0.29) is 5.78 Å². The molecular weight excluding hydrogens is 280 g/mol. The third-order valence-electron chi connectivity index (χ3n) is 2.79. The quantitative estimate of drug-likeness (QED) is 0.745. The van der Waals surface area contributed by atoms with E-state index in [4.69, 9.17) is 16.3 Å². The summed E-state index contributed by atoms with van der Waals surface area (Å²) >= 11 is 7.50. The Morgan fingerprint density at radius 3 is 2.68 bits per heavy atom. The van der Waals surface area contributed by atoms with Crippen LogP contribution in [0.15, 0.2) is 41.8 Å². The monoisotopic (exact) mass is 294 g/mol. The van der Waals surface area contributed by atoms with Crippen LogP contribution in [-0.2, 0) is 11.2 Å². The fraction of sp³-hybridized carbons (Fsp3) is 0.267. The van der Waals surface area contributed by atoms with E-state index < -0.39 is 6.10 Å². The third kappa shape index (κ3) is 4.16. The van der Waals surface area contributed by atoms with Crippen LogP contribution in [0.2, 0.25) is 5.02 Å². The molecule has 0 spiro atoms. The molecule has 0 aliphatic heterocycles. The number of thiophene rings is 1. The van der Waals surface area contributed by atoms with E-state index in [9.17, 15) is 4.79 Å². The maximum atomic E-state index is 12.1. The van der Waals surface area contributed by atoms with Crippen LogP contribution in [0.3, 0.4) is 0 Å². The number of halogens is 1. The molecule has 2 aromatic rings. The van der Waals surface area contributed by atoms with Gasteiger partial charge in [0.2, 0.25) is 0 Å². The maximum absolute atomic E-state index is 12.1. The van der Waals surface area contributed by atoms with Crippen molar-refractivity contribution >= 4 is 28.7 Å². The maximum Gasteiger partial charge on any atom is 0.191 e. The predicted octanol–water partition coefficient (Wildman–Crippen LogP) is 4.23. The lowest BCUT2D eigenvalue weighted by atomic mass is 10.1. The molecular formula is C15H15ClO2S. The average Bonchev–Trinajstić information content (AvgIpc) is 2.92. The van der Waals surface area contributed by atoms with E-state index in [2.05, 4.69) is 6.07 Å². The SMILES string of the molecule is CC(OCCc1cccs1)C(=O)c1ccc(Cl)cc1. The van der Waals surface area contributed by atoms with E-state index in [1.807, 2.05) is 11.4 Å². The number of carbonyl (C=O) groups excluding carboxylic acids is 1. The van der Waals surface area contributed by atoms with Gasteiger partial charge in [-0.2, -0.15) is 0 Å². The van der Waals surface area contributed by atoms with Crippen molar-refractivity contribution in [3.8, 4) is 0 Å². The Bertz CT molecular complexity index is 520. The Labute approximate surface area is 122 Å². The molecule has 0 aliphatic rings. The molecule has 2 rings (SSSR count). The van der Waals surface area contributed by atoms with Crippen LogP contribution in [0.25, 0.3) is 0 Å². The van der Waals surface area contributed by atoms with Crippen LogP contribution >= 0.6 is 22.9 Å². The first-order valence-electron chi connectivity index (χ1n) is 6.10. The van der Waals surface area contributed by atoms with Crippen LogP contribution in [0.1, 0.15) is 22.2 Å². The van der Waals surface area contributed by atoms with Crippen molar-refractivity contribution in [2.24, 2.45) is 0 Å². The van der Waals surface area contributed by atoms with Crippen molar-refractivity contribution in [1.82, 2.24) is 0 Å². The van der Waals surface area contributed by atoms with Gasteiger partial charge < -0.3 is 4.74 Å². The van der Waals surface area contributed by atoms with E-state index in [1.165, 1.54) is 4.88 Å². The van der Waals surface area contributed by atoms with Crippen molar-refractivity contribution < 1.29 is 9.53 Å². The first-order chi connectivity index (χ1) is 9.16. The van der Waals surface area contributed by atoms with Crippen LogP contribution < -0.4 is 0 Å². The van der Waals surface area contributed by atoms with E-state index >= 15 is 0 Å². The molecule has 0 radical (unpaired) electrons. The minimum absolute atomic E-state index is 0.0113. The Balaban J connectivity index is 1.83. The largest absolute Gasteiger partial charge is 0.370 e. The van der Waals surface area contributed by atoms with Gasteiger partial charge in [0.1, 0.15) is 6.10 Å². The number of Topliss-reactive ketones (excluding diaryl/α,β-unsaturated/α-hetero) is 1. The van der Waals surface area contributed by atoms with Gasteiger partial charge in [0.05, 0.1) is 6.61 Å². The van der Waals surface area contributed by atoms with E-state index in [1.54, 1.807) is 42.5 Å². The Morgan fingerprint density at radius 2 is 2.05 bits per heavy atom. The Kier molecular flexibility index (Phi) is 5.14. The molecule has 0 saturated heterocycles. The summed E-state index contributed by atoms with van der Waals surface area (Å²) in [4.78, 5) is 13.4. The molecule has 1 aromatic carbocycles. The van der Waals surface area contributed by atoms with Gasteiger partial charge in [-0.25, -0.2) is 0 Å². The summed E-state index contributed by atoms with van der Waals surface area (Å²) in [5.41, 5.74) is 0.632. The zero-order valence-corrected chi connectivity index (χ0v) is 12.2. The topological polar surface area (TPSA) is 26.3 Å². The highest BCUT2D eigenvalue weighted by molar-refractivity contribution is 7.09. The van der Waals surface area contributed by atoms with Gasteiger partial charge in [-0.15, -0.1) is 11.3 Å². The first-order valence-corrected chi connectivity index (χ1v) is 7.36. The van der Waals surface area contributed by atoms with Gasteiger partial charge in [-0.1, -0.05) is 17.7 Å². The first kappa shape index (κ1) is 14.3. The molecule has 0 fully saturated rings. The second-order valence-electron chi connectivity index (χ2n) is 4.21.